The molecular formula is C37H23BrO. The van der Waals surface area contributed by atoms with Crippen molar-refractivity contribution in [2.75, 3.05) is 0 Å². The largest absolute Gasteiger partial charge is 0.455 e. The highest BCUT2D eigenvalue weighted by molar-refractivity contribution is 9.10. The van der Waals surface area contributed by atoms with Gasteiger partial charge in [-0.05, 0) is 45.5 Å². The van der Waals surface area contributed by atoms with Crippen LogP contribution >= 0.6 is 15.9 Å². The van der Waals surface area contributed by atoms with E-state index >= 15 is 0 Å². The van der Waals surface area contributed by atoms with Crippen LogP contribution in [0.3, 0.4) is 0 Å². The van der Waals surface area contributed by atoms with Gasteiger partial charge in [0, 0.05) is 26.4 Å². The second-order valence-electron chi connectivity index (χ2n) is 10.2. The van der Waals surface area contributed by atoms with Gasteiger partial charge in [0.1, 0.15) is 11.2 Å². The quantitative estimate of drug-likeness (QED) is 0.208. The maximum atomic E-state index is 6.36. The molecule has 0 fully saturated rings. The third-order valence-electron chi connectivity index (χ3n) is 8.26. The molecule has 8 rings (SSSR count). The van der Waals surface area contributed by atoms with Crippen molar-refractivity contribution >= 4 is 37.9 Å². The third-order valence-corrected chi connectivity index (χ3v) is 8.92. The van der Waals surface area contributed by atoms with Crippen LogP contribution in [-0.4, -0.2) is 0 Å². The van der Waals surface area contributed by atoms with Crippen LogP contribution in [0.15, 0.2) is 148 Å². The predicted molar refractivity (Wildman–Crippen MR) is 164 cm³/mol. The summed E-state index contributed by atoms with van der Waals surface area (Å²) in [5, 5.41) is 2.30. The van der Waals surface area contributed by atoms with Gasteiger partial charge in [-0.25, -0.2) is 0 Å². The van der Waals surface area contributed by atoms with Crippen LogP contribution in [-0.2, 0) is 5.41 Å². The lowest BCUT2D eigenvalue weighted by atomic mass is 9.67. The molecule has 0 aliphatic heterocycles. The Bertz CT molecular complexity index is 2020. The average molecular weight is 563 g/mol. The van der Waals surface area contributed by atoms with Gasteiger partial charge in [0.05, 0.1) is 5.41 Å². The number of hydrogen-bond acceptors (Lipinski definition) is 1. The molecule has 1 aliphatic rings. The van der Waals surface area contributed by atoms with Crippen molar-refractivity contribution in [3.05, 3.63) is 166 Å². The second-order valence-corrected chi connectivity index (χ2v) is 11.0. The van der Waals surface area contributed by atoms with Crippen molar-refractivity contribution in [3.63, 3.8) is 0 Å². The summed E-state index contributed by atoms with van der Waals surface area (Å²) < 4.78 is 7.48. The minimum absolute atomic E-state index is 0.416. The van der Waals surface area contributed by atoms with Gasteiger partial charge < -0.3 is 4.42 Å². The number of furan rings is 1. The van der Waals surface area contributed by atoms with E-state index < -0.39 is 5.41 Å². The standard InChI is InChI=1S/C37H23BrO/c38-33-18-9-17-32-35(33)30-13-4-6-16-31(30)37(32,25-10-2-1-3-11-25)26-22-20-24(21-23-26)27-14-8-15-29-28-12-5-7-19-34(28)39-36(27)29/h1-23H. The summed E-state index contributed by atoms with van der Waals surface area (Å²) in [6.07, 6.45) is 0. The molecule has 0 bridgehead atoms. The molecule has 0 saturated carbocycles. The van der Waals surface area contributed by atoms with Gasteiger partial charge in [0.25, 0.3) is 0 Å². The fraction of sp³-hybridized carbons (Fsp3) is 0.0270. The average Bonchev–Trinajstić information content (AvgIpc) is 3.53. The zero-order valence-corrected chi connectivity index (χ0v) is 22.7. The van der Waals surface area contributed by atoms with Gasteiger partial charge in [-0.15, -0.1) is 0 Å². The van der Waals surface area contributed by atoms with E-state index in [2.05, 4.69) is 143 Å². The van der Waals surface area contributed by atoms with Crippen molar-refractivity contribution in [1.29, 1.82) is 0 Å². The molecule has 0 saturated heterocycles. The minimum Gasteiger partial charge on any atom is -0.455 e. The van der Waals surface area contributed by atoms with E-state index in [-0.39, 0.29) is 0 Å². The van der Waals surface area contributed by atoms with Gasteiger partial charge in [-0.3, -0.25) is 0 Å². The van der Waals surface area contributed by atoms with Crippen molar-refractivity contribution < 1.29 is 4.42 Å². The number of rotatable bonds is 3. The van der Waals surface area contributed by atoms with Crippen LogP contribution in [0.5, 0.6) is 0 Å². The van der Waals surface area contributed by atoms with Gasteiger partial charge in [-0.1, -0.05) is 143 Å². The summed E-state index contributed by atoms with van der Waals surface area (Å²) in [4.78, 5) is 0. The van der Waals surface area contributed by atoms with Crippen molar-refractivity contribution in [2.45, 2.75) is 5.41 Å². The van der Waals surface area contributed by atoms with Gasteiger partial charge in [0.15, 0.2) is 0 Å². The Labute approximate surface area is 235 Å². The molecule has 39 heavy (non-hydrogen) atoms. The van der Waals surface area contributed by atoms with Gasteiger partial charge in [0.2, 0.25) is 0 Å². The molecule has 0 spiro atoms. The molecule has 184 valence electrons. The number of hydrogen-bond donors (Lipinski definition) is 0. The van der Waals surface area contributed by atoms with Crippen LogP contribution in [0.25, 0.3) is 44.2 Å². The van der Waals surface area contributed by atoms with Crippen molar-refractivity contribution in [2.24, 2.45) is 0 Å². The fourth-order valence-electron chi connectivity index (χ4n) is 6.63. The molecule has 1 heterocycles. The Kier molecular flexibility index (Phi) is 4.95. The number of para-hydroxylation sites is 2. The summed E-state index contributed by atoms with van der Waals surface area (Å²) in [7, 11) is 0. The molecule has 6 aromatic carbocycles. The smallest absolute Gasteiger partial charge is 0.143 e. The molecule has 0 radical (unpaired) electrons. The first-order chi connectivity index (χ1) is 19.3. The Hall–Kier alpha value is -4.40. The summed E-state index contributed by atoms with van der Waals surface area (Å²) in [6, 6.07) is 50.1. The number of benzene rings is 6. The Morgan fingerprint density at radius 1 is 0.487 bits per heavy atom. The van der Waals surface area contributed by atoms with E-state index in [9.17, 15) is 0 Å². The molecule has 1 nitrogen and oxygen atoms in total. The van der Waals surface area contributed by atoms with E-state index in [1.54, 1.807) is 0 Å². The lowest BCUT2D eigenvalue weighted by Gasteiger charge is -2.34. The molecule has 1 atom stereocenters. The lowest BCUT2D eigenvalue weighted by Crippen LogP contribution is -2.28. The van der Waals surface area contributed by atoms with Crippen molar-refractivity contribution in [1.82, 2.24) is 0 Å². The highest BCUT2D eigenvalue weighted by Gasteiger charge is 2.46. The normalized spacial score (nSPS) is 15.9. The monoisotopic (exact) mass is 562 g/mol. The summed E-state index contributed by atoms with van der Waals surface area (Å²) in [5.41, 5.74) is 11.4. The maximum absolute atomic E-state index is 6.36. The van der Waals surface area contributed by atoms with E-state index in [4.69, 9.17) is 4.42 Å². The zero-order chi connectivity index (χ0) is 26.0. The lowest BCUT2D eigenvalue weighted by molar-refractivity contribution is 0.670. The predicted octanol–water partition coefficient (Wildman–Crippen LogP) is 10.4. The molecule has 0 N–H and O–H groups in total. The van der Waals surface area contributed by atoms with Gasteiger partial charge >= 0.3 is 0 Å². The Morgan fingerprint density at radius 2 is 1.13 bits per heavy atom. The van der Waals surface area contributed by atoms with Crippen molar-refractivity contribution in [3.8, 4) is 22.3 Å². The Morgan fingerprint density at radius 3 is 2.00 bits per heavy atom. The molecule has 1 aromatic heterocycles. The summed E-state index contributed by atoms with van der Waals surface area (Å²) >= 11 is 3.88. The van der Waals surface area contributed by atoms with E-state index in [1.807, 2.05) is 12.1 Å². The fourth-order valence-corrected chi connectivity index (χ4v) is 7.21. The van der Waals surface area contributed by atoms with Crippen LogP contribution in [0.1, 0.15) is 22.3 Å². The molecule has 1 aliphatic carbocycles. The first-order valence-corrected chi connectivity index (χ1v) is 14.0. The van der Waals surface area contributed by atoms with E-state index in [0.29, 0.717) is 0 Å². The second kappa shape index (κ2) is 8.56. The topological polar surface area (TPSA) is 13.1 Å². The minimum atomic E-state index is -0.416. The van der Waals surface area contributed by atoms with Crippen LogP contribution in [0.4, 0.5) is 0 Å². The number of halogens is 1. The van der Waals surface area contributed by atoms with Crippen LogP contribution in [0, 0.1) is 0 Å². The summed E-state index contributed by atoms with van der Waals surface area (Å²) in [5.74, 6) is 0. The SMILES string of the molecule is Brc1cccc2c1-c1ccccc1C2(c1ccccc1)c1ccc(-c2cccc3c2oc2ccccc23)cc1. The third kappa shape index (κ3) is 3.13. The molecular weight excluding hydrogens is 540 g/mol. The van der Waals surface area contributed by atoms with E-state index in [0.717, 1.165) is 37.5 Å². The van der Waals surface area contributed by atoms with E-state index in [1.165, 1.54) is 33.4 Å². The first kappa shape index (κ1) is 22.6. The first-order valence-electron chi connectivity index (χ1n) is 13.2. The highest BCUT2D eigenvalue weighted by Crippen LogP contribution is 2.57. The highest BCUT2D eigenvalue weighted by atomic mass is 79.9. The maximum Gasteiger partial charge on any atom is 0.143 e. The van der Waals surface area contributed by atoms with Crippen LogP contribution in [0.2, 0.25) is 0 Å². The van der Waals surface area contributed by atoms with Gasteiger partial charge in [-0.2, -0.15) is 0 Å². The zero-order valence-electron chi connectivity index (χ0n) is 21.1. The molecule has 7 aromatic rings. The number of fused-ring (bicyclic) bond motifs is 6. The molecule has 2 heteroatoms. The Balaban J connectivity index is 1.38. The summed E-state index contributed by atoms with van der Waals surface area (Å²) in [6.45, 7) is 0. The molecule has 0 amide bonds. The van der Waals surface area contributed by atoms with Crippen LogP contribution < -0.4 is 0 Å². The molecule has 1 unspecified atom stereocenters.